The van der Waals surface area contributed by atoms with Gasteiger partial charge < -0.3 is 0 Å². The zero-order valence-corrected chi connectivity index (χ0v) is 10.1. The third kappa shape index (κ3) is 2.72. The second kappa shape index (κ2) is 5.12. The summed E-state index contributed by atoms with van der Waals surface area (Å²) in [6.07, 6.45) is 6.10. The van der Waals surface area contributed by atoms with E-state index in [4.69, 9.17) is 23.2 Å². The van der Waals surface area contributed by atoms with Crippen LogP contribution in [0, 0.1) is 0 Å². The molecule has 0 aliphatic heterocycles. The van der Waals surface area contributed by atoms with Gasteiger partial charge in [-0.3, -0.25) is 9.78 Å². The number of hydrogen-bond acceptors (Lipinski definition) is 3. The molecule has 0 saturated carbocycles. The molecule has 2 aromatic rings. The highest BCUT2D eigenvalue weighted by atomic mass is 35.5. The standard InChI is InChI=1S/C11H7Cl2N3O/c12-9-7-15-16(11(17)10(9)13)6-4-8-3-1-2-5-14-8/h1-7H/b6-4+. The average Bonchev–Trinajstić information content (AvgIpc) is 2.36. The van der Waals surface area contributed by atoms with E-state index >= 15 is 0 Å². The summed E-state index contributed by atoms with van der Waals surface area (Å²) in [5.41, 5.74) is 0.249. The second-order valence-electron chi connectivity index (χ2n) is 3.13. The summed E-state index contributed by atoms with van der Waals surface area (Å²) in [5, 5.41) is 3.92. The summed E-state index contributed by atoms with van der Waals surface area (Å²) in [4.78, 5) is 15.7. The Balaban J connectivity index is 2.35. The third-order valence-corrected chi connectivity index (χ3v) is 2.72. The van der Waals surface area contributed by atoms with E-state index in [9.17, 15) is 4.79 Å². The van der Waals surface area contributed by atoms with Gasteiger partial charge in [0.05, 0.1) is 16.9 Å². The largest absolute Gasteiger partial charge is 0.291 e. The van der Waals surface area contributed by atoms with Crippen LogP contribution in [0.25, 0.3) is 12.3 Å². The molecule has 0 bridgehead atoms. The first-order valence-corrected chi connectivity index (χ1v) is 5.46. The summed E-state index contributed by atoms with van der Waals surface area (Å²) in [7, 11) is 0. The predicted molar refractivity (Wildman–Crippen MR) is 68.0 cm³/mol. The zero-order valence-electron chi connectivity index (χ0n) is 8.55. The molecular weight excluding hydrogens is 261 g/mol. The lowest BCUT2D eigenvalue weighted by Gasteiger charge is -1.98. The number of nitrogens with zero attached hydrogens (tertiary/aromatic N) is 3. The highest BCUT2D eigenvalue weighted by molar-refractivity contribution is 6.41. The van der Waals surface area contributed by atoms with E-state index in [0.717, 1.165) is 4.68 Å². The van der Waals surface area contributed by atoms with Crippen LogP contribution in [-0.2, 0) is 0 Å². The van der Waals surface area contributed by atoms with E-state index in [1.165, 1.54) is 12.4 Å². The molecule has 0 radical (unpaired) electrons. The van der Waals surface area contributed by atoms with E-state index in [-0.39, 0.29) is 10.0 Å². The van der Waals surface area contributed by atoms with E-state index in [0.29, 0.717) is 5.69 Å². The highest BCUT2D eigenvalue weighted by Crippen LogP contribution is 2.14. The fourth-order valence-corrected chi connectivity index (χ4v) is 1.41. The molecule has 0 aliphatic rings. The normalized spacial score (nSPS) is 10.9. The van der Waals surface area contributed by atoms with Gasteiger partial charge in [0.1, 0.15) is 5.02 Å². The van der Waals surface area contributed by atoms with Gasteiger partial charge in [0.2, 0.25) is 0 Å². The van der Waals surface area contributed by atoms with Crippen LogP contribution < -0.4 is 5.56 Å². The van der Waals surface area contributed by atoms with Gasteiger partial charge in [-0.05, 0) is 18.2 Å². The van der Waals surface area contributed by atoms with Crippen molar-refractivity contribution in [1.29, 1.82) is 0 Å². The molecule has 0 fully saturated rings. The van der Waals surface area contributed by atoms with Gasteiger partial charge in [-0.25, -0.2) is 4.68 Å². The van der Waals surface area contributed by atoms with Crippen molar-refractivity contribution in [3.63, 3.8) is 0 Å². The molecule has 0 N–H and O–H groups in total. The topological polar surface area (TPSA) is 47.8 Å². The van der Waals surface area contributed by atoms with Crippen molar-refractivity contribution < 1.29 is 0 Å². The minimum atomic E-state index is -0.466. The van der Waals surface area contributed by atoms with Crippen LogP contribution in [0.3, 0.4) is 0 Å². The van der Waals surface area contributed by atoms with Gasteiger partial charge in [0.15, 0.2) is 0 Å². The summed E-state index contributed by atoms with van der Waals surface area (Å²) in [6, 6.07) is 5.46. The fraction of sp³-hybridized carbons (Fsp3) is 0. The molecule has 0 aliphatic carbocycles. The Morgan fingerprint density at radius 1 is 1.29 bits per heavy atom. The van der Waals surface area contributed by atoms with E-state index in [1.807, 2.05) is 6.07 Å². The Morgan fingerprint density at radius 2 is 2.12 bits per heavy atom. The lowest BCUT2D eigenvalue weighted by Crippen LogP contribution is -2.18. The number of rotatable bonds is 2. The molecule has 0 spiro atoms. The Bertz CT molecular complexity index is 608. The van der Waals surface area contributed by atoms with Crippen LogP contribution in [0.2, 0.25) is 10.0 Å². The van der Waals surface area contributed by atoms with Crippen LogP contribution >= 0.6 is 23.2 Å². The fourth-order valence-electron chi connectivity index (χ4n) is 1.15. The summed E-state index contributed by atoms with van der Waals surface area (Å²) >= 11 is 11.4. The second-order valence-corrected chi connectivity index (χ2v) is 3.91. The number of pyridine rings is 1. The lowest BCUT2D eigenvalue weighted by molar-refractivity contribution is 0.855. The maximum atomic E-state index is 11.6. The molecule has 2 heterocycles. The third-order valence-electron chi connectivity index (χ3n) is 1.98. The van der Waals surface area contributed by atoms with Crippen molar-refractivity contribution >= 4 is 35.5 Å². The molecule has 0 unspecified atom stereocenters. The van der Waals surface area contributed by atoms with E-state index < -0.39 is 5.56 Å². The van der Waals surface area contributed by atoms with Crippen molar-refractivity contribution in [2.24, 2.45) is 0 Å². The minimum absolute atomic E-state index is 0.0488. The van der Waals surface area contributed by atoms with Gasteiger partial charge in [-0.15, -0.1) is 0 Å². The molecule has 2 aromatic heterocycles. The molecule has 4 nitrogen and oxygen atoms in total. The summed E-state index contributed by atoms with van der Waals surface area (Å²) in [5.74, 6) is 0. The van der Waals surface area contributed by atoms with Crippen LogP contribution in [0.1, 0.15) is 5.69 Å². The monoisotopic (exact) mass is 267 g/mol. The summed E-state index contributed by atoms with van der Waals surface area (Å²) in [6.45, 7) is 0. The van der Waals surface area contributed by atoms with Crippen molar-refractivity contribution in [1.82, 2.24) is 14.8 Å². The number of halogens is 2. The molecule has 0 amide bonds. The Kier molecular flexibility index (Phi) is 3.56. The smallest absolute Gasteiger partial charge is 0.266 e. The first-order chi connectivity index (χ1) is 8.18. The van der Waals surface area contributed by atoms with Crippen LogP contribution in [0.15, 0.2) is 35.4 Å². The van der Waals surface area contributed by atoms with Gasteiger partial charge >= 0.3 is 0 Å². The SMILES string of the molecule is O=c1c(Cl)c(Cl)cnn1/C=C/c1ccccn1. The molecule has 2 rings (SSSR count). The molecule has 6 heteroatoms. The molecule has 0 saturated heterocycles. The predicted octanol–water partition coefficient (Wildman–Crippen LogP) is 2.57. The van der Waals surface area contributed by atoms with Crippen LogP contribution in [-0.4, -0.2) is 14.8 Å². The highest BCUT2D eigenvalue weighted by Gasteiger charge is 2.04. The zero-order chi connectivity index (χ0) is 12.3. The summed E-state index contributed by atoms with van der Waals surface area (Å²) < 4.78 is 1.10. The molecule has 86 valence electrons. The lowest BCUT2D eigenvalue weighted by atomic mass is 10.3. The maximum absolute atomic E-state index is 11.6. The van der Waals surface area contributed by atoms with Gasteiger partial charge in [0.25, 0.3) is 5.56 Å². The van der Waals surface area contributed by atoms with Crippen molar-refractivity contribution in [2.75, 3.05) is 0 Å². The Hall–Kier alpha value is -1.65. The van der Waals surface area contributed by atoms with Crippen molar-refractivity contribution in [3.05, 3.63) is 56.7 Å². The molecular formula is C11H7Cl2N3O. The van der Waals surface area contributed by atoms with Crippen LogP contribution in [0.4, 0.5) is 0 Å². The Morgan fingerprint density at radius 3 is 2.82 bits per heavy atom. The van der Waals surface area contributed by atoms with Crippen molar-refractivity contribution in [3.8, 4) is 0 Å². The molecule has 0 aromatic carbocycles. The first kappa shape index (κ1) is 11.8. The van der Waals surface area contributed by atoms with Crippen LogP contribution in [0.5, 0.6) is 0 Å². The molecule has 17 heavy (non-hydrogen) atoms. The Labute approximate surface area is 107 Å². The van der Waals surface area contributed by atoms with Gasteiger partial charge in [-0.1, -0.05) is 29.3 Å². The average molecular weight is 268 g/mol. The number of hydrogen-bond donors (Lipinski definition) is 0. The quantitative estimate of drug-likeness (QED) is 0.841. The first-order valence-electron chi connectivity index (χ1n) is 4.70. The van der Waals surface area contributed by atoms with E-state index in [2.05, 4.69) is 10.1 Å². The minimum Gasteiger partial charge on any atom is -0.266 e. The van der Waals surface area contributed by atoms with E-state index in [1.54, 1.807) is 24.4 Å². The van der Waals surface area contributed by atoms with Gasteiger partial charge in [-0.2, -0.15) is 5.10 Å². The number of aromatic nitrogens is 3. The van der Waals surface area contributed by atoms with Crippen molar-refractivity contribution in [2.45, 2.75) is 0 Å². The molecule has 0 atom stereocenters. The maximum Gasteiger partial charge on any atom is 0.291 e. The van der Waals surface area contributed by atoms with Gasteiger partial charge in [0, 0.05) is 12.4 Å².